The number of rotatable bonds is 4. The van der Waals surface area contributed by atoms with Gasteiger partial charge < -0.3 is 10.2 Å². The van der Waals surface area contributed by atoms with Crippen molar-refractivity contribution >= 4 is 17.4 Å². The summed E-state index contributed by atoms with van der Waals surface area (Å²) in [7, 11) is 0. The monoisotopic (exact) mass is 358 g/mol. The predicted molar refractivity (Wildman–Crippen MR) is 108 cm³/mol. The van der Waals surface area contributed by atoms with Gasteiger partial charge in [0.25, 0.3) is 5.91 Å². The van der Waals surface area contributed by atoms with Crippen molar-refractivity contribution in [2.24, 2.45) is 0 Å². The first-order chi connectivity index (χ1) is 13.2. The Bertz CT molecular complexity index is 947. The summed E-state index contributed by atoms with van der Waals surface area (Å²) in [5.41, 5.74) is 4.10. The molecule has 0 radical (unpaired) electrons. The summed E-state index contributed by atoms with van der Waals surface area (Å²) in [4.78, 5) is 14.8. The second-order valence-corrected chi connectivity index (χ2v) is 6.82. The van der Waals surface area contributed by atoms with Crippen LogP contribution in [0.5, 0.6) is 0 Å². The molecular formula is C22H22N4O. The molecule has 5 nitrogen and oxygen atoms in total. The molecule has 0 bridgehead atoms. The number of nitrogens with one attached hydrogen (secondary N) is 1. The third-order valence-electron chi connectivity index (χ3n) is 4.89. The lowest BCUT2D eigenvalue weighted by Crippen LogP contribution is -2.19. The highest BCUT2D eigenvalue weighted by atomic mass is 16.1. The SMILES string of the molecule is Cc1ccccc1C(=O)Nc1cccc(-c2ccc(N3CCCC3)nn2)c1. The Morgan fingerprint density at radius 2 is 1.78 bits per heavy atom. The number of hydrogen-bond donors (Lipinski definition) is 1. The summed E-state index contributed by atoms with van der Waals surface area (Å²) in [5.74, 6) is 0.820. The number of aromatic nitrogens is 2. The van der Waals surface area contributed by atoms with Gasteiger partial charge in [-0.25, -0.2) is 0 Å². The van der Waals surface area contributed by atoms with Gasteiger partial charge in [0, 0.05) is 29.9 Å². The lowest BCUT2D eigenvalue weighted by molar-refractivity contribution is 0.102. The van der Waals surface area contributed by atoms with Gasteiger partial charge in [0.1, 0.15) is 0 Å². The van der Waals surface area contributed by atoms with Gasteiger partial charge in [-0.1, -0.05) is 30.3 Å². The molecule has 0 unspecified atom stereocenters. The first kappa shape index (κ1) is 17.2. The van der Waals surface area contributed by atoms with Crippen LogP contribution in [0.15, 0.2) is 60.7 Å². The Morgan fingerprint density at radius 1 is 0.963 bits per heavy atom. The van der Waals surface area contributed by atoms with Gasteiger partial charge in [0.05, 0.1) is 5.69 Å². The lowest BCUT2D eigenvalue weighted by atomic mass is 10.1. The van der Waals surface area contributed by atoms with Crippen molar-refractivity contribution in [2.75, 3.05) is 23.3 Å². The van der Waals surface area contributed by atoms with E-state index in [0.29, 0.717) is 5.56 Å². The lowest BCUT2D eigenvalue weighted by Gasteiger charge is -2.15. The molecule has 1 saturated heterocycles. The van der Waals surface area contributed by atoms with E-state index in [2.05, 4.69) is 20.4 Å². The molecule has 0 saturated carbocycles. The first-order valence-corrected chi connectivity index (χ1v) is 9.27. The highest BCUT2D eigenvalue weighted by molar-refractivity contribution is 6.05. The number of anilines is 2. The molecule has 0 spiro atoms. The maximum Gasteiger partial charge on any atom is 0.255 e. The molecule has 2 heterocycles. The van der Waals surface area contributed by atoms with Gasteiger partial charge in [0.2, 0.25) is 0 Å². The van der Waals surface area contributed by atoms with E-state index in [0.717, 1.165) is 41.4 Å². The third kappa shape index (κ3) is 3.82. The molecule has 1 aromatic heterocycles. The first-order valence-electron chi connectivity index (χ1n) is 9.27. The number of carbonyl (C=O) groups excluding carboxylic acids is 1. The van der Waals surface area contributed by atoms with Gasteiger partial charge in [0.15, 0.2) is 5.82 Å². The van der Waals surface area contributed by atoms with Gasteiger partial charge in [-0.05, 0) is 55.7 Å². The molecule has 1 aliphatic heterocycles. The van der Waals surface area contributed by atoms with Crippen molar-refractivity contribution in [3.63, 3.8) is 0 Å². The van der Waals surface area contributed by atoms with Crippen LogP contribution in [-0.4, -0.2) is 29.2 Å². The van der Waals surface area contributed by atoms with Crippen LogP contribution >= 0.6 is 0 Å². The zero-order chi connectivity index (χ0) is 18.6. The maximum absolute atomic E-state index is 12.5. The average Bonchev–Trinajstić information content (AvgIpc) is 3.23. The topological polar surface area (TPSA) is 58.1 Å². The molecule has 1 fully saturated rings. The van der Waals surface area contributed by atoms with Gasteiger partial charge in [-0.2, -0.15) is 0 Å². The molecular weight excluding hydrogens is 336 g/mol. The normalized spacial score (nSPS) is 13.6. The summed E-state index contributed by atoms with van der Waals surface area (Å²) in [6.45, 7) is 4.03. The molecule has 0 aliphatic carbocycles. The Morgan fingerprint density at radius 3 is 2.52 bits per heavy atom. The van der Waals surface area contributed by atoms with E-state index in [1.54, 1.807) is 0 Å². The van der Waals surface area contributed by atoms with Crippen molar-refractivity contribution in [2.45, 2.75) is 19.8 Å². The van der Waals surface area contributed by atoms with E-state index in [4.69, 9.17) is 0 Å². The number of carbonyl (C=O) groups is 1. The average molecular weight is 358 g/mol. The Balaban J connectivity index is 1.52. The number of nitrogens with zero attached hydrogens (tertiary/aromatic N) is 3. The second kappa shape index (κ2) is 7.58. The second-order valence-electron chi connectivity index (χ2n) is 6.82. The quantitative estimate of drug-likeness (QED) is 0.755. The van der Waals surface area contributed by atoms with Crippen molar-refractivity contribution in [3.05, 3.63) is 71.8 Å². The minimum absolute atomic E-state index is 0.110. The van der Waals surface area contributed by atoms with E-state index in [-0.39, 0.29) is 5.91 Å². The summed E-state index contributed by atoms with van der Waals surface area (Å²) >= 11 is 0. The molecule has 3 aromatic rings. The van der Waals surface area contributed by atoms with Crippen LogP contribution in [0.3, 0.4) is 0 Å². The Kier molecular flexibility index (Phi) is 4.83. The van der Waals surface area contributed by atoms with E-state index in [9.17, 15) is 4.79 Å². The molecule has 2 aromatic carbocycles. The van der Waals surface area contributed by atoms with Crippen molar-refractivity contribution in [1.29, 1.82) is 0 Å². The van der Waals surface area contributed by atoms with Crippen LogP contribution in [0.2, 0.25) is 0 Å². The maximum atomic E-state index is 12.5. The van der Waals surface area contributed by atoms with Crippen molar-refractivity contribution in [3.8, 4) is 11.3 Å². The highest BCUT2D eigenvalue weighted by Gasteiger charge is 2.14. The van der Waals surface area contributed by atoms with Gasteiger partial charge in [-0.3, -0.25) is 4.79 Å². The van der Waals surface area contributed by atoms with Crippen LogP contribution in [0.4, 0.5) is 11.5 Å². The largest absolute Gasteiger partial charge is 0.355 e. The fraction of sp³-hybridized carbons (Fsp3) is 0.227. The Labute approximate surface area is 159 Å². The standard InChI is InChI=1S/C22H22N4O/c1-16-7-2-3-10-19(16)22(27)23-18-9-6-8-17(15-18)20-11-12-21(25-24-20)26-13-4-5-14-26/h2-3,6-12,15H,4-5,13-14H2,1H3,(H,23,27). The zero-order valence-corrected chi connectivity index (χ0v) is 15.4. The van der Waals surface area contributed by atoms with E-state index in [1.807, 2.05) is 67.6 Å². The number of aryl methyl sites for hydroxylation is 1. The molecule has 5 heteroatoms. The fourth-order valence-corrected chi connectivity index (χ4v) is 3.38. The molecule has 1 N–H and O–H groups in total. The van der Waals surface area contributed by atoms with Crippen LogP contribution < -0.4 is 10.2 Å². The summed E-state index contributed by atoms with van der Waals surface area (Å²) in [6, 6.07) is 19.3. The smallest absolute Gasteiger partial charge is 0.255 e. The molecule has 1 amide bonds. The zero-order valence-electron chi connectivity index (χ0n) is 15.4. The van der Waals surface area contributed by atoms with Crippen molar-refractivity contribution in [1.82, 2.24) is 10.2 Å². The van der Waals surface area contributed by atoms with Crippen molar-refractivity contribution < 1.29 is 4.79 Å². The van der Waals surface area contributed by atoms with Crippen LogP contribution in [0, 0.1) is 6.92 Å². The molecule has 1 aliphatic rings. The fourth-order valence-electron chi connectivity index (χ4n) is 3.38. The number of amides is 1. The van der Waals surface area contributed by atoms with E-state index < -0.39 is 0 Å². The van der Waals surface area contributed by atoms with Gasteiger partial charge >= 0.3 is 0 Å². The number of hydrogen-bond acceptors (Lipinski definition) is 4. The van der Waals surface area contributed by atoms with Crippen LogP contribution in [0.25, 0.3) is 11.3 Å². The molecule has 136 valence electrons. The van der Waals surface area contributed by atoms with Crippen LogP contribution in [-0.2, 0) is 0 Å². The highest BCUT2D eigenvalue weighted by Crippen LogP contribution is 2.23. The molecule has 27 heavy (non-hydrogen) atoms. The molecule has 0 atom stereocenters. The Hall–Kier alpha value is -3.21. The summed E-state index contributed by atoms with van der Waals surface area (Å²) in [5, 5.41) is 11.7. The third-order valence-corrected chi connectivity index (χ3v) is 4.89. The minimum Gasteiger partial charge on any atom is -0.355 e. The van der Waals surface area contributed by atoms with Gasteiger partial charge in [-0.15, -0.1) is 10.2 Å². The van der Waals surface area contributed by atoms with E-state index in [1.165, 1.54) is 12.8 Å². The predicted octanol–water partition coefficient (Wildman–Crippen LogP) is 4.30. The van der Waals surface area contributed by atoms with E-state index >= 15 is 0 Å². The summed E-state index contributed by atoms with van der Waals surface area (Å²) < 4.78 is 0. The van der Waals surface area contributed by atoms with Crippen LogP contribution in [0.1, 0.15) is 28.8 Å². The molecule has 4 rings (SSSR count). The minimum atomic E-state index is -0.110. The number of benzene rings is 2. The summed E-state index contributed by atoms with van der Waals surface area (Å²) in [6.07, 6.45) is 2.43.